The van der Waals surface area contributed by atoms with Crippen LogP contribution in [0.2, 0.25) is 0 Å². The molecule has 116 valence electrons. The molecule has 1 unspecified atom stereocenters. The normalized spacial score (nSPS) is 21.0. The summed E-state index contributed by atoms with van der Waals surface area (Å²) in [6, 6.07) is 4.69. The van der Waals surface area contributed by atoms with Crippen LogP contribution in [-0.4, -0.2) is 46.4 Å². The van der Waals surface area contributed by atoms with Crippen molar-refractivity contribution in [3.8, 4) is 0 Å². The van der Waals surface area contributed by atoms with Gasteiger partial charge in [-0.05, 0) is 43.5 Å². The first kappa shape index (κ1) is 14.6. The molecule has 0 aromatic heterocycles. The summed E-state index contributed by atoms with van der Waals surface area (Å²) in [6.07, 6.45) is 2.42. The number of carbonyl (C=O) groups is 3. The monoisotopic (exact) mass is 302 g/mol. The number of carboxylic acids is 1. The molecule has 1 aliphatic heterocycles. The van der Waals surface area contributed by atoms with Crippen LogP contribution in [0.25, 0.3) is 0 Å². The molecule has 2 amide bonds. The Morgan fingerprint density at radius 1 is 1.23 bits per heavy atom. The van der Waals surface area contributed by atoms with Crippen molar-refractivity contribution in [2.45, 2.75) is 38.3 Å². The fourth-order valence-electron chi connectivity index (χ4n) is 2.87. The number of benzene rings is 1. The van der Waals surface area contributed by atoms with Gasteiger partial charge in [-0.1, -0.05) is 0 Å². The summed E-state index contributed by atoms with van der Waals surface area (Å²) in [5.74, 6) is -1.31. The summed E-state index contributed by atoms with van der Waals surface area (Å²) in [7, 11) is 0. The number of amides is 2. The van der Waals surface area contributed by atoms with Crippen molar-refractivity contribution in [3.63, 3.8) is 0 Å². The van der Waals surface area contributed by atoms with Crippen molar-refractivity contribution < 1.29 is 19.5 Å². The summed E-state index contributed by atoms with van der Waals surface area (Å²) in [4.78, 5) is 37.1. The van der Waals surface area contributed by atoms with Crippen molar-refractivity contribution in [3.05, 3.63) is 34.9 Å². The van der Waals surface area contributed by atoms with Gasteiger partial charge in [0.25, 0.3) is 5.91 Å². The van der Waals surface area contributed by atoms with Crippen LogP contribution in [0.15, 0.2) is 18.2 Å². The Kier molecular flexibility index (Phi) is 3.60. The average Bonchev–Trinajstić information content (AvgIpc) is 3.22. The minimum atomic E-state index is -1.06. The predicted octanol–water partition coefficient (Wildman–Crippen LogP) is 1.19. The molecule has 6 heteroatoms. The van der Waals surface area contributed by atoms with E-state index in [4.69, 9.17) is 5.11 Å². The Balaban J connectivity index is 1.69. The van der Waals surface area contributed by atoms with Crippen molar-refractivity contribution in [1.29, 1.82) is 0 Å². The van der Waals surface area contributed by atoms with Gasteiger partial charge in [-0.15, -0.1) is 0 Å². The van der Waals surface area contributed by atoms with Crippen LogP contribution in [0.1, 0.15) is 45.5 Å². The highest BCUT2D eigenvalue weighted by Gasteiger charge is 2.39. The van der Waals surface area contributed by atoms with Crippen LogP contribution >= 0.6 is 0 Å². The van der Waals surface area contributed by atoms with Crippen LogP contribution in [-0.2, 0) is 4.79 Å². The van der Waals surface area contributed by atoms with E-state index in [1.54, 1.807) is 13.0 Å². The summed E-state index contributed by atoms with van der Waals surface area (Å²) < 4.78 is 0. The van der Waals surface area contributed by atoms with Gasteiger partial charge in [0.15, 0.2) is 0 Å². The van der Waals surface area contributed by atoms with Crippen LogP contribution in [0.3, 0.4) is 0 Å². The first-order chi connectivity index (χ1) is 10.4. The zero-order chi connectivity index (χ0) is 15.9. The van der Waals surface area contributed by atoms with Crippen LogP contribution < -0.4 is 5.32 Å². The van der Waals surface area contributed by atoms with Crippen LogP contribution in [0, 0.1) is 6.92 Å². The van der Waals surface area contributed by atoms with E-state index < -0.39 is 5.97 Å². The molecule has 0 spiro atoms. The number of hydrogen-bond acceptors (Lipinski definition) is 3. The number of aryl methyl sites for hydroxylation is 1. The Labute approximate surface area is 128 Å². The van der Waals surface area contributed by atoms with E-state index in [1.165, 1.54) is 12.1 Å². The molecule has 6 nitrogen and oxygen atoms in total. The van der Waals surface area contributed by atoms with Gasteiger partial charge in [-0.2, -0.15) is 0 Å². The third-order valence-electron chi connectivity index (χ3n) is 4.07. The molecule has 1 aromatic carbocycles. The molecular formula is C16H18N2O4. The van der Waals surface area contributed by atoms with Gasteiger partial charge in [0.05, 0.1) is 11.6 Å². The molecule has 22 heavy (non-hydrogen) atoms. The third-order valence-corrected chi connectivity index (χ3v) is 4.07. The molecule has 0 radical (unpaired) electrons. The van der Waals surface area contributed by atoms with E-state index in [1.807, 2.05) is 4.90 Å². The van der Waals surface area contributed by atoms with E-state index in [-0.39, 0.29) is 23.4 Å². The molecule has 2 fully saturated rings. The Hall–Kier alpha value is -2.37. The van der Waals surface area contributed by atoms with E-state index >= 15 is 0 Å². The standard InChI is InChI=1S/C16H18N2O4/c1-9-4-10(6-11(5-9)16(21)22)15(20)17-12-7-14(19)18(8-12)13-2-3-13/h4-6,12-13H,2-3,7-8H2,1H3,(H,17,20)(H,21,22). The minimum Gasteiger partial charge on any atom is -0.478 e. The number of aromatic carboxylic acids is 1. The fourth-order valence-corrected chi connectivity index (χ4v) is 2.87. The van der Waals surface area contributed by atoms with Gasteiger partial charge in [-0.3, -0.25) is 9.59 Å². The lowest BCUT2D eigenvalue weighted by molar-refractivity contribution is -0.128. The zero-order valence-electron chi connectivity index (χ0n) is 12.3. The van der Waals surface area contributed by atoms with Gasteiger partial charge in [0, 0.05) is 24.6 Å². The van der Waals surface area contributed by atoms with E-state index in [0.717, 1.165) is 12.8 Å². The second kappa shape index (κ2) is 5.44. The van der Waals surface area contributed by atoms with Gasteiger partial charge in [0.2, 0.25) is 5.91 Å². The van der Waals surface area contributed by atoms with Crippen molar-refractivity contribution >= 4 is 17.8 Å². The van der Waals surface area contributed by atoms with E-state index in [2.05, 4.69) is 5.32 Å². The van der Waals surface area contributed by atoms with Crippen LogP contribution in [0.4, 0.5) is 0 Å². The van der Waals surface area contributed by atoms with Crippen molar-refractivity contribution in [1.82, 2.24) is 10.2 Å². The molecular weight excluding hydrogens is 284 g/mol. The zero-order valence-corrected chi connectivity index (χ0v) is 12.3. The Morgan fingerprint density at radius 2 is 1.91 bits per heavy atom. The number of likely N-dealkylation sites (tertiary alicyclic amines) is 1. The summed E-state index contributed by atoms with van der Waals surface area (Å²) >= 11 is 0. The Bertz CT molecular complexity index is 652. The largest absolute Gasteiger partial charge is 0.478 e. The highest BCUT2D eigenvalue weighted by Crippen LogP contribution is 2.30. The van der Waals surface area contributed by atoms with Crippen molar-refractivity contribution in [2.24, 2.45) is 0 Å². The summed E-state index contributed by atoms with van der Waals surface area (Å²) in [5.41, 5.74) is 1.12. The molecule has 1 aromatic rings. The summed E-state index contributed by atoms with van der Waals surface area (Å²) in [5, 5.41) is 11.9. The fraction of sp³-hybridized carbons (Fsp3) is 0.438. The number of hydrogen-bond donors (Lipinski definition) is 2. The molecule has 1 saturated heterocycles. The van der Waals surface area contributed by atoms with E-state index in [0.29, 0.717) is 30.1 Å². The maximum absolute atomic E-state index is 12.3. The first-order valence-corrected chi connectivity index (χ1v) is 7.39. The lowest BCUT2D eigenvalue weighted by atomic mass is 10.1. The number of rotatable bonds is 4. The number of nitrogens with zero attached hydrogens (tertiary/aromatic N) is 1. The predicted molar refractivity (Wildman–Crippen MR) is 78.7 cm³/mol. The molecule has 1 aliphatic carbocycles. The quantitative estimate of drug-likeness (QED) is 0.874. The van der Waals surface area contributed by atoms with E-state index in [9.17, 15) is 14.4 Å². The lowest BCUT2D eigenvalue weighted by Crippen LogP contribution is -2.37. The van der Waals surface area contributed by atoms with Gasteiger partial charge < -0.3 is 15.3 Å². The second-order valence-electron chi connectivity index (χ2n) is 6.04. The molecule has 2 aliphatic rings. The van der Waals surface area contributed by atoms with Gasteiger partial charge >= 0.3 is 5.97 Å². The molecule has 0 bridgehead atoms. The lowest BCUT2D eigenvalue weighted by Gasteiger charge is -2.16. The molecule has 1 heterocycles. The third kappa shape index (κ3) is 2.95. The minimum absolute atomic E-state index is 0.0864. The number of carboxylic acid groups (broad SMARTS) is 1. The topological polar surface area (TPSA) is 86.7 Å². The molecule has 2 N–H and O–H groups in total. The summed E-state index contributed by atoms with van der Waals surface area (Å²) in [6.45, 7) is 2.30. The number of nitrogens with one attached hydrogen (secondary N) is 1. The van der Waals surface area contributed by atoms with Crippen LogP contribution in [0.5, 0.6) is 0 Å². The molecule has 3 rings (SSSR count). The first-order valence-electron chi connectivity index (χ1n) is 7.39. The molecule has 1 saturated carbocycles. The van der Waals surface area contributed by atoms with Crippen molar-refractivity contribution in [2.75, 3.05) is 6.54 Å². The second-order valence-corrected chi connectivity index (χ2v) is 6.04. The maximum atomic E-state index is 12.3. The maximum Gasteiger partial charge on any atom is 0.335 e. The SMILES string of the molecule is Cc1cc(C(=O)O)cc(C(=O)NC2CC(=O)N(C3CC3)C2)c1. The highest BCUT2D eigenvalue weighted by molar-refractivity contribution is 5.98. The highest BCUT2D eigenvalue weighted by atomic mass is 16.4. The average molecular weight is 302 g/mol. The Morgan fingerprint density at radius 3 is 2.55 bits per heavy atom. The van der Waals surface area contributed by atoms with Gasteiger partial charge in [-0.25, -0.2) is 4.79 Å². The van der Waals surface area contributed by atoms with Gasteiger partial charge in [0.1, 0.15) is 0 Å². The molecule has 1 atom stereocenters. The number of carbonyl (C=O) groups excluding carboxylic acids is 2. The smallest absolute Gasteiger partial charge is 0.335 e.